The third-order valence-electron chi connectivity index (χ3n) is 6.81. The van der Waals surface area contributed by atoms with Crippen molar-refractivity contribution in [2.45, 2.75) is 6.42 Å². The Labute approximate surface area is 230 Å². The smallest absolute Gasteiger partial charge is 0.147 e. The number of aromatic nitrogens is 6. The number of pyridine rings is 3. The van der Waals surface area contributed by atoms with Crippen LogP contribution in [-0.2, 0) is 16.3 Å². The Kier molecular flexibility index (Phi) is 6.30. The van der Waals surface area contributed by atoms with E-state index in [1.54, 1.807) is 31.0 Å². The van der Waals surface area contributed by atoms with E-state index in [9.17, 15) is 12.8 Å². The first-order chi connectivity index (χ1) is 19.1. The lowest BCUT2D eigenvalue weighted by molar-refractivity contribution is 0.600. The van der Waals surface area contributed by atoms with Gasteiger partial charge in [-0.2, -0.15) is 5.10 Å². The van der Waals surface area contributed by atoms with Gasteiger partial charge in [0.15, 0.2) is 0 Å². The highest BCUT2D eigenvalue weighted by Crippen LogP contribution is 2.35. The summed E-state index contributed by atoms with van der Waals surface area (Å²) in [4.78, 5) is 18.7. The SMILES string of the molecule is CN(C)c1cncc(-c2cc3c(-c4cc5c(-c6cc(F)cc(CCS(C)(=O)=O)c6)cncc5[nH]4)n[nH]c3cn2)c1. The lowest BCUT2D eigenvalue weighted by Crippen LogP contribution is -2.08. The highest BCUT2D eigenvalue weighted by atomic mass is 32.2. The number of nitrogens with zero attached hydrogens (tertiary/aromatic N) is 5. The van der Waals surface area contributed by atoms with Gasteiger partial charge >= 0.3 is 0 Å². The van der Waals surface area contributed by atoms with Gasteiger partial charge in [-0.3, -0.25) is 20.1 Å². The van der Waals surface area contributed by atoms with Gasteiger partial charge < -0.3 is 9.88 Å². The highest BCUT2D eigenvalue weighted by Gasteiger charge is 2.16. The zero-order chi connectivity index (χ0) is 28.0. The van der Waals surface area contributed by atoms with Crippen molar-refractivity contribution < 1.29 is 12.8 Å². The van der Waals surface area contributed by atoms with Gasteiger partial charge in [0.1, 0.15) is 21.3 Å². The molecule has 0 aliphatic rings. The van der Waals surface area contributed by atoms with E-state index in [-0.39, 0.29) is 12.2 Å². The first kappa shape index (κ1) is 25.6. The van der Waals surface area contributed by atoms with Crippen LogP contribution in [0.5, 0.6) is 0 Å². The van der Waals surface area contributed by atoms with E-state index >= 15 is 0 Å². The molecule has 6 aromatic rings. The van der Waals surface area contributed by atoms with E-state index in [1.807, 2.05) is 43.3 Å². The van der Waals surface area contributed by atoms with Crippen LogP contribution in [0.3, 0.4) is 0 Å². The monoisotopic (exact) mass is 555 g/mol. The minimum Gasteiger partial charge on any atom is -0.376 e. The van der Waals surface area contributed by atoms with Gasteiger partial charge in [-0.1, -0.05) is 6.07 Å². The predicted molar refractivity (Wildman–Crippen MR) is 155 cm³/mol. The van der Waals surface area contributed by atoms with Gasteiger partial charge in [-0.25, -0.2) is 12.8 Å². The maximum Gasteiger partial charge on any atom is 0.147 e. The summed E-state index contributed by atoms with van der Waals surface area (Å²) in [6.45, 7) is 0. The van der Waals surface area contributed by atoms with Gasteiger partial charge in [0.25, 0.3) is 0 Å². The number of benzene rings is 1. The fraction of sp³-hybridized carbons (Fsp3) is 0.172. The number of nitrogens with one attached hydrogen (secondary N) is 2. The summed E-state index contributed by atoms with van der Waals surface area (Å²) in [6.07, 6.45) is 10.1. The Balaban J connectivity index is 1.42. The van der Waals surface area contributed by atoms with E-state index in [0.29, 0.717) is 16.8 Å². The van der Waals surface area contributed by atoms with Crippen LogP contribution in [-0.4, -0.2) is 64.7 Å². The number of anilines is 1. The number of aryl methyl sites for hydroxylation is 1. The van der Waals surface area contributed by atoms with Gasteiger partial charge in [-0.05, 0) is 47.9 Å². The van der Waals surface area contributed by atoms with Crippen LogP contribution < -0.4 is 4.90 Å². The maximum absolute atomic E-state index is 14.6. The van der Waals surface area contributed by atoms with E-state index in [4.69, 9.17) is 0 Å². The van der Waals surface area contributed by atoms with Crippen molar-refractivity contribution in [2.24, 2.45) is 0 Å². The third-order valence-corrected chi connectivity index (χ3v) is 7.76. The van der Waals surface area contributed by atoms with Crippen molar-refractivity contribution in [3.8, 4) is 33.8 Å². The summed E-state index contributed by atoms with van der Waals surface area (Å²) in [5, 5.41) is 9.35. The molecule has 0 atom stereocenters. The summed E-state index contributed by atoms with van der Waals surface area (Å²) in [5.41, 5.74) is 7.63. The molecule has 0 bridgehead atoms. The molecule has 202 valence electrons. The predicted octanol–water partition coefficient (Wildman–Crippen LogP) is 5.02. The Morgan fingerprint density at radius 1 is 0.875 bits per heavy atom. The number of hydrogen-bond donors (Lipinski definition) is 2. The maximum atomic E-state index is 14.6. The van der Waals surface area contributed by atoms with Crippen LogP contribution in [0, 0.1) is 5.82 Å². The molecule has 2 N–H and O–H groups in total. The Hall–Kier alpha value is -4.64. The van der Waals surface area contributed by atoms with E-state index in [0.717, 1.165) is 50.0 Å². The van der Waals surface area contributed by atoms with Gasteiger partial charge in [-0.15, -0.1) is 0 Å². The van der Waals surface area contributed by atoms with Crippen molar-refractivity contribution in [2.75, 3.05) is 31.0 Å². The van der Waals surface area contributed by atoms with Gasteiger partial charge in [0.2, 0.25) is 0 Å². The van der Waals surface area contributed by atoms with Crippen LogP contribution in [0.25, 0.3) is 55.6 Å². The van der Waals surface area contributed by atoms with Crippen LogP contribution in [0.15, 0.2) is 67.4 Å². The summed E-state index contributed by atoms with van der Waals surface area (Å²) in [5.74, 6) is -0.481. The zero-order valence-electron chi connectivity index (χ0n) is 22.1. The number of rotatable bonds is 7. The van der Waals surface area contributed by atoms with Crippen molar-refractivity contribution >= 4 is 37.3 Å². The second kappa shape index (κ2) is 9.83. The van der Waals surface area contributed by atoms with Crippen LogP contribution >= 0.6 is 0 Å². The molecule has 0 aliphatic carbocycles. The Bertz CT molecular complexity index is 2000. The number of sulfone groups is 1. The summed E-state index contributed by atoms with van der Waals surface area (Å²) in [6, 6.07) is 10.6. The number of hydrogen-bond acceptors (Lipinski definition) is 7. The molecule has 40 heavy (non-hydrogen) atoms. The summed E-state index contributed by atoms with van der Waals surface area (Å²) >= 11 is 0. The second-order valence-electron chi connectivity index (χ2n) is 10.1. The molecule has 0 amide bonds. The fourth-order valence-electron chi connectivity index (χ4n) is 4.75. The standard InChI is InChI=1S/C29H26FN7O2S/c1-37(2)21-9-19(12-31-13-21)25-11-23-28(16-33-25)35-36-29(23)26-10-22-24(14-32-15-27(22)34-26)18-6-17(7-20(30)8-18)4-5-40(3,38)39/h6-16,34H,4-5H2,1-3H3,(H,35,36). The van der Waals surface area contributed by atoms with E-state index in [2.05, 4.69) is 30.1 Å². The molecule has 0 aliphatic heterocycles. The second-order valence-corrected chi connectivity index (χ2v) is 12.3. The molecule has 9 nitrogen and oxygen atoms in total. The molecule has 0 fully saturated rings. The molecule has 11 heteroatoms. The first-order valence-electron chi connectivity index (χ1n) is 12.6. The van der Waals surface area contributed by atoms with Crippen LogP contribution in [0.1, 0.15) is 5.56 Å². The molecular weight excluding hydrogens is 529 g/mol. The average molecular weight is 556 g/mol. The lowest BCUT2D eigenvalue weighted by atomic mass is 10.0. The van der Waals surface area contributed by atoms with Crippen molar-refractivity contribution in [1.82, 2.24) is 30.1 Å². The Morgan fingerprint density at radius 3 is 2.50 bits per heavy atom. The number of fused-ring (bicyclic) bond motifs is 2. The minimum atomic E-state index is -3.17. The Morgan fingerprint density at radius 2 is 1.70 bits per heavy atom. The average Bonchev–Trinajstić information content (AvgIpc) is 3.55. The molecule has 0 spiro atoms. The lowest BCUT2D eigenvalue weighted by Gasteiger charge is -2.12. The molecule has 6 rings (SSSR count). The van der Waals surface area contributed by atoms with Gasteiger partial charge in [0, 0.05) is 54.6 Å². The zero-order valence-corrected chi connectivity index (χ0v) is 22.9. The van der Waals surface area contributed by atoms with E-state index < -0.39 is 15.7 Å². The van der Waals surface area contributed by atoms with Gasteiger partial charge in [0.05, 0.1) is 52.5 Å². The fourth-order valence-corrected chi connectivity index (χ4v) is 5.36. The van der Waals surface area contributed by atoms with E-state index in [1.165, 1.54) is 18.4 Å². The van der Waals surface area contributed by atoms with Crippen molar-refractivity contribution in [1.29, 1.82) is 0 Å². The van der Waals surface area contributed by atoms with Crippen molar-refractivity contribution in [3.63, 3.8) is 0 Å². The number of H-pyrrole nitrogens is 2. The number of halogens is 1. The van der Waals surface area contributed by atoms with Crippen molar-refractivity contribution in [3.05, 3.63) is 78.8 Å². The highest BCUT2D eigenvalue weighted by molar-refractivity contribution is 7.90. The quantitative estimate of drug-likeness (QED) is 0.284. The molecule has 0 saturated heterocycles. The largest absolute Gasteiger partial charge is 0.376 e. The molecular formula is C29H26FN7O2S. The van der Waals surface area contributed by atoms with Crippen LogP contribution in [0.2, 0.25) is 0 Å². The third kappa shape index (κ3) is 5.03. The molecule has 5 aromatic heterocycles. The molecule has 0 radical (unpaired) electrons. The number of aromatic amines is 2. The minimum absolute atomic E-state index is 0.0504. The normalized spacial score (nSPS) is 11.9. The van der Waals surface area contributed by atoms with Crippen LogP contribution in [0.4, 0.5) is 10.1 Å². The topological polar surface area (TPSA) is 121 Å². The molecule has 0 saturated carbocycles. The molecule has 5 heterocycles. The molecule has 1 aromatic carbocycles. The molecule has 0 unspecified atom stereocenters. The summed E-state index contributed by atoms with van der Waals surface area (Å²) < 4.78 is 37.9. The first-order valence-corrected chi connectivity index (χ1v) is 14.6. The summed E-state index contributed by atoms with van der Waals surface area (Å²) in [7, 11) is 0.753.